The van der Waals surface area contributed by atoms with Crippen LogP contribution in [0.2, 0.25) is 15.1 Å². The summed E-state index contributed by atoms with van der Waals surface area (Å²) in [6.45, 7) is 2.16. The number of aromatic nitrogens is 2. The third kappa shape index (κ3) is 5.63. The van der Waals surface area contributed by atoms with Crippen molar-refractivity contribution in [2.45, 2.75) is 31.7 Å². The molecule has 2 aromatic carbocycles. The average molecular weight is 616 g/mol. The van der Waals surface area contributed by atoms with Crippen molar-refractivity contribution >= 4 is 58.0 Å². The van der Waals surface area contributed by atoms with Crippen molar-refractivity contribution < 1.29 is 14.1 Å². The maximum Gasteiger partial charge on any atom is 0.227 e. The maximum absolute atomic E-state index is 13.3. The van der Waals surface area contributed by atoms with Gasteiger partial charge >= 0.3 is 0 Å². The number of amides is 2. The quantitative estimate of drug-likeness (QED) is 0.230. The SMILES string of the molecule is O=C1CC(C(=O)N2CCC(c3nc(-c4cc(-c5ccc(Cl)c(Cl)c5)no4)cs3)CC2)CN1Cc1ccccc1Cl. The topological polar surface area (TPSA) is 79.5 Å². The summed E-state index contributed by atoms with van der Waals surface area (Å²) in [6, 6.07) is 14.7. The molecule has 0 N–H and O–H groups in total. The molecular formula is C29H25Cl3N4O3S. The second kappa shape index (κ2) is 11.5. The van der Waals surface area contributed by atoms with Crippen LogP contribution < -0.4 is 0 Å². The van der Waals surface area contributed by atoms with E-state index in [9.17, 15) is 9.59 Å². The van der Waals surface area contributed by atoms with Crippen LogP contribution in [-0.4, -0.2) is 51.4 Å². The third-order valence-electron chi connectivity index (χ3n) is 7.54. The number of benzene rings is 2. The van der Waals surface area contributed by atoms with Gasteiger partial charge in [0.05, 0.1) is 21.0 Å². The first kappa shape index (κ1) is 27.3. The van der Waals surface area contributed by atoms with Gasteiger partial charge in [-0.3, -0.25) is 9.59 Å². The lowest BCUT2D eigenvalue weighted by molar-refractivity contribution is -0.136. The summed E-state index contributed by atoms with van der Waals surface area (Å²) in [5.41, 5.74) is 3.10. The van der Waals surface area contributed by atoms with E-state index in [1.807, 2.05) is 46.7 Å². The molecule has 6 rings (SSSR count). The van der Waals surface area contributed by atoms with Crippen molar-refractivity contribution in [2.75, 3.05) is 19.6 Å². The Morgan fingerprint density at radius 1 is 1.00 bits per heavy atom. The summed E-state index contributed by atoms with van der Waals surface area (Å²) >= 11 is 20.0. The highest BCUT2D eigenvalue weighted by molar-refractivity contribution is 7.10. The molecule has 1 atom stereocenters. The van der Waals surface area contributed by atoms with Gasteiger partial charge in [-0.15, -0.1) is 11.3 Å². The Balaban J connectivity index is 1.04. The van der Waals surface area contributed by atoms with E-state index in [0.717, 1.165) is 34.7 Å². The first-order chi connectivity index (χ1) is 19.4. The van der Waals surface area contributed by atoms with E-state index in [-0.39, 0.29) is 30.1 Å². The van der Waals surface area contributed by atoms with Gasteiger partial charge in [-0.2, -0.15) is 0 Å². The highest BCUT2D eigenvalue weighted by atomic mass is 35.5. The fourth-order valence-electron chi connectivity index (χ4n) is 5.30. The van der Waals surface area contributed by atoms with Crippen LogP contribution in [0.15, 0.2) is 58.4 Å². The van der Waals surface area contributed by atoms with Crippen molar-refractivity contribution in [2.24, 2.45) is 5.92 Å². The van der Waals surface area contributed by atoms with Crippen LogP contribution in [0.1, 0.15) is 35.8 Å². The van der Waals surface area contributed by atoms with E-state index >= 15 is 0 Å². The predicted molar refractivity (Wildman–Crippen MR) is 157 cm³/mol. The van der Waals surface area contributed by atoms with Crippen LogP contribution in [-0.2, 0) is 16.1 Å². The van der Waals surface area contributed by atoms with Crippen LogP contribution >= 0.6 is 46.1 Å². The standard InChI is InChI=1S/C29H25Cl3N4O3S/c30-21-4-2-1-3-19(21)14-36-15-20(12-27(36)37)29(38)35-9-7-17(8-10-35)28-33-25(16-40-28)26-13-24(34-39-26)18-5-6-22(31)23(32)11-18/h1-6,11,13,16-17,20H,7-10,12,14-15H2. The van der Waals surface area contributed by atoms with Crippen LogP contribution in [0.25, 0.3) is 22.7 Å². The van der Waals surface area contributed by atoms with Gasteiger partial charge in [0.1, 0.15) is 11.4 Å². The molecule has 4 heterocycles. The van der Waals surface area contributed by atoms with E-state index in [1.165, 1.54) is 0 Å². The molecule has 2 aliphatic rings. The van der Waals surface area contributed by atoms with Crippen molar-refractivity contribution in [3.63, 3.8) is 0 Å². The summed E-state index contributed by atoms with van der Waals surface area (Å²) < 4.78 is 5.57. The van der Waals surface area contributed by atoms with Gasteiger partial charge < -0.3 is 14.3 Å². The van der Waals surface area contributed by atoms with Gasteiger partial charge in [0.2, 0.25) is 11.8 Å². The zero-order valence-electron chi connectivity index (χ0n) is 21.4. The highest BCUT2D eigenvalue weighted by Gasteiger charge is 2.38. The van der Waals surface area contributed by atoms with Gasteiger partial charge in [-0.05, 0) is 36.6 Å². The summed E-state index contributed by atoms with van der Waals surface area (Å²) in [6.07, 6.45) is 1.90. The van der Waals surface area contributed by atoms with E-state index in [0.29, 0.717) is 52.7 Å². The number of halogens is 3. The number of likely N-dealkylation sites (tertiary alicyclic amines) is 2. The number of hydrogen-bond acceptors (Lipinski definition) is 6. The van der Waals surface area contributed by atoms with Crippen LogP contribution in [0.4, 0.5) is 0 Å². The normalized spacial score (nSPS) is 18.1. The number of thiazole rings is 1. The van der Waals surface area contributed by atoms with E-state index < -0.39 is 0 Å². The fourth-order valence-corrected chi connectivity index (χ4v) is 6.78. The number of piperidine rings is 1. The second-order valence-corrected chi connectivity index (χ2v) is 12.3. The highest BCUT2D eigenvalue weighted by Crippen LogP contribution is 2.36. The molecule has 0 saturated carbocycles. The molecule has 0 bridgehead atoms. The molecular weight excluding hydrogens is 591 g/mol. The molecule has 4 aromatic rings. The monoisotopic (exact) mass is 614 g/mol. The fraction of sp³-hybridized carbons (Fsp3) is 0.310. The Morgan fingerprint density at radius 3 is 2.58 bits per heavy atom. The molecule has 7 nitrogen and oxygen atoms in total. The zero-order chi connectivity index (χ0) is 27.8. The van der Waals surface area contributed by atoms with Crippen molar-refractivity contribution in [1.82, 2.24) is 19.9 Å². The average Bonchev–Trinajstić information content (AvgIpc) is 3.72. The molecule has 2 aromatic heterocycles. The number of rotatable bonds is 6. The summed E-state index contributed by atoms with van der Waals surface area (Å²) in [7, 11) is 0. The van der Waals surface area contributed by atoms with Gasteiger partial charge in [0.25, 0.3) is 0 Å². The molecule has 2 amide bonds. The van der Waals surface area contributed by atoms with E-state index in [1.54, 1.807) is 28.4 Å². The van der Waals surface area contributed by atoms with Crippen LogP contribution in [0, 0.1) is 5.92 Å². The molecule has 2 aliphatic heterocycles. The molecule has 1 unspecified atom stereocenters. The van der Waals surface area contributed by atoms with Crippen LogP contribution in [0.5, 0.6) is 0 Å². The minimum absolute atomic E-state index is 0.00166. The second-order valence-electron chi connectivity index (χ2n) is 10.1. The van der Waals surface area contributed by atoms with Crippen molar-refractivity contribution in [3.05, 3.63) is 79.5 Å². The minimum Gasteiger partial charge on any atom is -0.354 e. The zero-order valence-corrected chi connectivity index (χ0v) is 24.4. The lowest BCUT2D eigenvalue weighted by Crippen LogP contribution is -2.42. The van der Waals surface area contributed by atoms with Crippen LogP contribution in [0.3, 0.4) is 0 Å². The largest absolute Gasteiger partial charge is 0.354 e. The summed E-state index contributed by atoms with van der Waals surface area (Å²) in [5, 5.41) is 8.74. The smallest absolute Gasteiger partial charge is 0.227 e. The third-order valence-corrected chi connectivity index (χ3v) is 9.65. The number of hydrogen-bond donors (Lipinski definition) is 0. The van der Waals surface area contributed by atoms with Gasteiger partial charge in [0, 0.05) is 60.6 Å². The van der Waals surface area contributed by atoms with E-state index in [4.69, 9.17) is 44.3 Å². The molecule has 206 valence electrons. The maximum atomic E-state index is 13.3. The molecule has 0 radical (unpaired) electrons. The molecule has 40 heavy (non-hydrogen) atoms. The molecule has 0 aliphatic carbocycles. The van der Waals surface area contributed by atoms with Gasteiger partial charge in [0.15, 0.2) is 5.76 Å². The number of carbonyl (C=O) groups is 2. The Kier molecular flexibility index (Phi) is 7.86. The Morgan fingerprint density at radius 2 is 1.80 bits per heavy atom. The summed E-state index contributed by atoms with van der Waals surface area (Å²) in [5.74, 6) is 0.600. The Bertz CT molecular complexity index is 1560. The van der Waals surface area contributed by atoms with Crippen molar-refractivity contribution in [3.8, 4) is 22.7 Å². The number of nitrogens with zero attached hydrogens (tertiary/aromatic N) is 4. The molecule has 2 fully saturated rings. The first-order valence-corrected chi connectivity index (χ1v) is 15.0. The van der Waals surface area contributed by atoms with Gasteiger partial charge in [-0.1, -0.05) is 64.2 Å². The molecule has 0 spiro atoms. The van der Waals surface area contributed by atoms with E-state index in [2.05, 4.69) is 5.16 Å². The lowest BCUT2D eigenvalue weighted by atomic mass is 9.96. The Labute approximate surface area is 250 Å². The Hall–Kier alpha value is -2.91. The minimum atomic E-state index is -0.311. The lowest BCUT2D eigenvalue weighted by Gasteiger charge is -2.32. The molecule has 2 saturated heterocycles. The van der Waals surface area contributed by atoms with Crippen molar-refractivity contribution in [1.29, 1.82) is 0 Å². The number of carbonyl (C=O) groups excluding carboxylic acids is 2. The van der Waals surface area contributed by atoms with Gasteiger partial charge in [-0.25, -0.2) is 4.98 Å². The first-order valence-electron chi connectivity index (χ1n) is 13.0. The molecule has 11 heteroatoms. The predicted octanol–water partition coefficient (Wildman–Crippen LogP) is 7.18. The summed E-state index contributed by atoms with van der Waals surface area (Å²) in [4.78, 5) is 34.4.